The number of nitrogens with zero attached hydrogens (tertiary/aromatic N) is 3. The van der Waals surface area contributed by atoms with E-state index in [9.17, 15) is 13.2 Å². The highest BCUT2D eigenvalue weighted by atomic mass is 32.2. The van der Waals surface area contributed by atoms with Crippen molar-refractivity contribution in [3.8, 4) is 0 Å². The number of nitrogens with one attached hydrogen (secondary N) is 1. The molecule has 1 saturated heterocycles. The molecular weight excluding hydrogens is 424 g/mol. The van der Waals surface area contributed by atoms with Gasteiger partial charge in [0, 0.05) is 24.2 Å². The number of benzene rings is 1. The summed E-state index contributed by atoms with van der Waals surface area (Å²) in [7, 11) is -3.56. The standard InChI is InChI=1S/C24H36N4O3S/c1-6-24(4,5)25-23(29)21-13-11-20(12-14-21)17-28-19(3)22(18(2)26-28)32(30,31)27-15-9-7-8-10-16-27/h11-14H,6-10,15-17H2,1-5H3,(H,25,29). The molecular formula is C24H36N4O3S. The van der Waals surface area contributed by atoms with Crippen LogP contribution in [0.3, 0.4) is 0 Å². The molecule has 0 unspecified atom stereocenters. The summed E-state index contributed by atoms with van der Waals surface area (Å²) < 4.78 is 30.0. The Bertz CT molecular complexity index is 1050. The van der Waals surface area contributed by atoms with Gasteiger partial charge in [-0.25, -0.2) is 8.42 Å². The van der Waals surface area contributed by atoms with E-state index >= 15 is 0 Å². The Kier molecular flexibility index (Phi) is 7.45. The maximum Gasteiger partial charge on any atom is 0.251 e. The van der Waals surface area contributed by atoms with Gasteiger partial charge in [0.1, 0.15) is 4.90 Å². The summed E-state index contributed by atoms with van der Waals surface area (Å²) in [5.74, 6) is -0.0969. The average molecular weight is 461 g/mol. The molecule has 0 spiro atoms. The molecule has 0 bridgehead atoms. The zero-order valence-corrected chi connectivity index (χ0v) is 20.8. The van der Waals surface area contributed by atoms with Crippen molar-refractivity contribution in [2.24, 2.45) is 0 Å². The fourth-order valence-corrected chi connectivity index (χ4v) is 5.91. The van der Waals surface area contributed by atoms with Crippen molar-refractivity contribution in [3.63, 3.8) is 0 Å². The summed E-state index contributed by atoms with van der Waals surface area (Å²) in [5.41, 5.74) is 2.49. The first-order valence-corrected chi connectivity index (χ1v) is 12.9. The van der Waals surface area contributed by atoms with Gasteiger partial charge in [-0.15, -0.1) is 0 Å². The van der Waals surface area contributed by atoms with Gasteiger partial charge in [0.05, 0.1) is 17.9 Å². The molecule has 0 radical (unpaired) electrons. The first-order chi connectivity index (χ1) is 15.0. The summed E-state index contributed by atoms with van der Waals surface area (Å²) in [6.07, 6.45) is 4.81. The van der Waals surface area contributed by atoms with E-state index < -0.39 is 10.0 Å². The number of aryl methyl sites for hydroxylation is 1. The van der Waals surface area contributed by atoms with Gasteiger partial charge in [-0.05, 0) is 64.7 Å². The van der Waals surface area contributed by atoms with E-state index in [2.05, 4.69) is 10.4 Å². The molecule has 1 aromatic carbocycles. The van der Waals surface area contributed by atoms with Crippen LogP contribution in [0.2, 0.25) is 0 Å². The fraction of sp³-hybridized carbons (Fsp3) is 0.583. The lowest BCUT2D eigenvalue weighted by molar-refractivity contribution is 0.0911. The van der Waals surface area contributed by atoms with E-state index in [1.54, 1.807) is 28.0 Å². The van der Waals surface area contributed by atoms with Crippen LogP contribution in [-0.2, 0) is 16.6 Å². The number of rotatable bonds is 7. The average Bonchev–Trinajstić information content (AvgIpc) is 2.92. The lowest BCUT2D eigenvalue weighted by Crippen LogP contribution is -2.42. The second-order valence-electron chi connectivity index (χ2n) is 9.36. The molecule has 0 saturated carbocycles. The third-order valence-corrected chi connectivity index (χ3v) is 8.51. The largest absolute Gasteiger partial charge is 0.347 e. The zero-order chi connectivity index (χ0) is 23.5. The maximum absolute atomic E-state index is 13.3. The maximum atomic E-state index is 13.3. The minimum atomic E-state index is -3.56. The van der Waals surface area contributed by atoms with Crippen LogP contribution >= 0.6 is 0 Å². The van der Waals surface area contributed by atoms with Crippen molar-refractivity contribution in [1.29, 1.82) is 0 Å². The van der Waals surface area contributed by atoms with Crippen molar-refractivity contribution in [2.45, 2.75) is 83.7 Å². The Balaban J connectivity index is 1.78. The number of hydrogen-bond donors (Lipinski definition) is 1. The van der Waals surface area contributed by atoms with Crippen molar-refractivity contribution in [3.05, 3.63) is 46.8 Å². The Labute approximate surface area is 192 Å². The lowest BCUT2D eigenvalue weighted by Gasteiger charge is -2.24. The SMILES string of the molecule is CCC(C)(C)NC(=O)c1ccc(Cn2nc(C)c(S(=O)(=O)N3CCCCCC3)c2C)cc1. The Morgan fingerprint density at radius 3 is 2.22 bits per heavy atom. The van der Waals surface area contributed by atoms with Crippen molar-refractivity contribution in [1.82, 2.24) is 19.4 Å². The number of carbonyl (C=O) groups is 1. The van der Waals surface area contributed by atoms with E-state index in [-0.39, 0.29) is 11.4 Å². The number of carbonyl (C=O) groups excluding carboxylic acids is 1. The third kappa shape index (κ3) is 5.41. The molecule has 1 N–H and O–H groups in total. The van der Waals surface area contributed by atoms with Gasteiger partial charge >= 0.3 is 0 Å². The van der Waals surface area contributed by atoms with Crippen molar-refractivity contribution >= 4 is 15.9 Å². The molecule has 1 aromatic heterocycles. The van der Waals surface area contributed by atoms with Crippen LogP contribution in [0, 0.1) is 13.8 Å². The van der Waals surface area contributed by atoms with Crippen molar-refractivity contribution < 1.29 is 13.2 Å². The molecule has 2 aromatic rings. The van der Waals surface area contributed by atoms with E-state index in [1.165, 1.54) is 0 Å². The zero-order valence-electron chi connectivity index (χ0n) is 19.9. The van der Waals surface area contributed by atoms with Crippen LogP contribution < -0.4 is 5.32 Å². The van der Waals surface area contributed by atoms with Crippen LogP contribution in [-0.4, -0.2) is 47.0 Å². The normalized spacial score (nSPS) is 16.0. The van der Waals surface area contributed by atoms with Gasteiger partial charge in [-0.1, -0.05) is 31.9 Å². The summed E-state index contributed by atoms with van der Waals surface area (Å²) in [6, 6.07) is 7.40. The Morgan fingerprint density at radius 1 is 1.06 bits per heavy atom. The van der Waals surface area contributed by atoms with E-state index in [4.69, 9.17) is 0 Å². The van der Waals surface area contributed by atoms with Gasteiger partial charge in [0.25, 0.3) is 5.91 Å². The minimum absolute atomic E-state index is 0.0969. The predicted octanol–water partition coefficient (Wildman–Crippen LogP) is 4.03. The van der Waals surface area contributed by atoms with Crippen LogP contribution in [0.1, 0.15) is 80.2 Å². The predicted molar refractivity (Wildman–Crippen MR) is 126 cm³/mol. The topological polar surface area (TPSA) is 84.3 Å². The summed E-state index contributed by atoms with van der Waals surface area (Å²) in [4.78, 5) is 12.8. The second-order valence-corrected chi connectivity index (χ2v) is 11.2. The summed E-state index contributed by atoms with van der Waals surface area (Å²) in [6.45, 7) is 11.2. The number of amides is 1. The summed E-state index contributed by atoms with van der Waals surface area (Å²) >= 11 is 0. The fourth-order valence-electron chi connectivity index (χ4n) is 4.02. The molecule has 3 rings (SSSR count). The Hall–Kier alpha value is -2.19. The van der Waals surface area contributed by atoms with Crippen molar-refractivity contribution in [2.75, 3.05) is 13.1 Å². The van der Waals surface area contributed by atoms with E-state index in [0.29, 0.717) is 41.5 Å². The highest BCUT2D eigenvalue weighted by molar-refractivity contribution is 7.89. The molecule has 176 valence electrons. The Morgan fingerprint density at radius 2 is 1.66 bits per heavy atom. The van der Waals surface area contributed by atoms with Gasteiger partial charge in [-0.2, -0.15) is 9.40 Å². The molecule has 1 aliphatic heterocycles. The first-order valence-electron chi connectivity index (χ1n) is 11.5. The molecule has 7 nitrogen and oxygen atoms in total. The van der Waals surface area contributed by atoms with Crippen LogP contribution in [0.15, 0.2) is 29.2 Å². The van der Waals surface area contributed by atoms with Crippen LogP contribution in [0.5, 0.6) is 0 Å². The van der Waals surface area contributed by atoms with Gasteiger partial charge < -0.3 is 5.32 Å². The van der Waals surface area contributed by atoms with Crippen LogP contribution in [0.4, 0.5) is 0 Å². The first kappa shape index (κ1) is 24.5. The molecule has 0 aliphatic carbocycles. The molecule has 1 amide bonds. The minimum Gasteiger partial charge on any atom is -0.347 e. The smallest absolute Gasteiger partial charge is 0.251 e. The highest BCUT2D eigenvalue weighted by Gasteiger charge is 2.31. The third-order valence-electron chi connectivity index (χ3n) is 6.36. The quantitative estimate of drug-likeness (QED) is 0.676. The lowest BCUT2D eigenvalue weighted by atomic mass is 10.0. The molecule has 8 heteroatoms. The molecule has 1 aliphatic rings. The highest BCUT2D eigenvalue weighted by Crippen LogP contribution is 2.26. The number of hydrogen-bond acceptors (Lipinski definition) is 4. The molecule has 32 heavy (non-hydrogen) atoms. The summed E-state index contributed by atoms with van der Waals surface area (Å²) in [5, 5.41) is 7.57. The monoisotopic (exact) mass is 460 g/mol. The van der Waals surface area contributed by atoms with E-state index in [0.717, 1.165) is 37.7 Å². The molecule has 1 fully saturated rings. The molecule has 2 heterocycles. The van der Waals surface area contributed by atoms with Gasteiger partial charge in [0.15, 0.2) is 0 Å². The van der Waals surface area contributed by atoms with Gasteiger partial charge in [0.2, 0.25) is 10.0 Å². The second kappa shape index (κ2) is 9.75. The van der Waals surface area contributed by atoms with E-state index in [1.807, 2.05) is 39.8 Å². The number of aromatic nitrogens is 2. The number of sulfonamides is 1. The van der Waals surface area contributed by atoms with Gasteiger partial charge in [-0.3, -0.25) is 9.48 Å². The van der Waals surface area contributed by atoms with Crippen LogP contribution in [0.25, 0.3) is 0 Å². The molecule has 0 atom stereocenters.